The van der Waals surface area contributed by atoms with Crippen molar-refractivity contribution >= 4 is 22.9 Å². The minimum Gasteiger partial charge on any atom is -0.307 e. The van der Waals surface area contributed by atoms with E-state index in [9.17, 15) is 0 Å². The first-order chi connectivity index (χ1) is 8.24. The van der Waals surface area contributed by atoms with Crippen LogP contribution in [0.1, 0.15) is 55.5 Å². The summed E-state index contributed by atoms with van der Waals surface area (Å²) in [7, 11) is 0. The second-order valence-corrected chi connectivity index (χ2v) is 7.29. The van der Waals surface area contributed by atoms with Crippen molar-refractivity contribution in [2.24, 2.45) is 5.92 Å². The van der Waals surface area contributed by atoms with Crippen molar-refractivity contribution < 1.29 is 0 Å². The predicted octanol–water partition coefficient (Wildman–Crippen LogP) is 4.56. The molecule has 1 saturated carbocycles. The summed E-state index contributed by atoms with van der Waals surface area (Å²) < 4.78 is 0.958. The van der Waals surface area contributed by atoms with Crippen molar-refractivity contribution in [3.8, 4) is 0 Å². The molecule has 17 heavy (non-hydrogen) atoms. The smallest absolute Gasteiger partial charge is 0.0934 e. The molecule has 1 fully saturated rings. The molecule has 2 unspecified atom stereocenters. The van der Waals surface area contributed by atoms with Crippen molar-refractivity contribution in [3.63, 3.8) is 0 Å². The van der Waals surface area contributed by atoms with E-state index in [-0.39, 0.29) is 0 Å². The van der Waals surface area contributed by atoms with Crippen LogP contribution in [-0.4, -0.2) is 6.04 Å². The number of fused-ring (bicyclic) bond motifs is 1. The van der Waals surface area contributed by atoms with E-state index in [1.165, 1.54) is 49.0 Å². The van der Waals surface area contributed by atoms with E-state index >= 15 is 0 Å². The van der Waals surface area contributed by atoms with Gasteiger partial charge in [-0.3, -0.25) is 0 Å². The van der Waals surface area contributed by atoms with Crippen LogP contribution < -0.4 is 5.32 Å². The first-order valence-electron chi connectivity index (χ1n) is 6.78. The van der Waals surface area contributed by atoms with Gasteiger partial charge in [0, 0.05) is 17.0 Å². The molecule has 0 saturated heterocycles. The first-order valence-corrected chi connectivity index (χ1v) is 7.97. The molecular formula is C14H20ClNS. The fourth-order valence-corrected chi connectivity index (χ4v) is 4.47. The quantitative estimate of drug-likeness (QED) is 0.848. The summed E-state index contributed by atoms with van der Waals surface area (Å²) in [6.07, 6.45) is 8.06. The van der Waals surface area contributed by atoms with Gasteiger partial charge in [-0.15, -0.1) is 11.3 Å². The zero-order chi connectivity index (χ0) is 11.8. The Labute approximate surface area is 113 Å². The highest BCUT2D eigenvalue weighted by molar-refractivity contribution is 7.16. The number of hydrogen-bond donors (Lipinski definition) is 1. The van der Waals surface area contributed by atoms with Crippen LogP contribution in [0, 0.1) is 5.92 Å². The van der Waals surface area contributed by atoms with E-state index in [1.807, 2.05) is 0 Å². The lowest BCUT2D eigenvalue weighted by molar-refractivity contribution is 0.221. The van der Waals surface area contributed by atoms with Crippen LogP contribution in [0.5, 0.6) is 0 Å². The van der Waals surface area contributed by atoms with E-state index in [2.05, 4.69) is 18.3 Å². The lowest BCUT2D eigenvalue weighted by atomic mass is 9.79. The monoisotopic (exact) mass is 269 g/mol. The van der Waals surface area contributed by atoms with Crippen LogP contribution in [0.4, 0.5) is 0 Å². The number of halogens is 1. The Morgan fingerprint density at radius 2 is 2.18 bits per heavy atom. The van der Waals surface area contributed by atoms with Gasteiger partial charge in [0.15, 0.2) is 0 Å². The van der Waals surface area contributed by atoms with Crippen LogP contribution in [0.3, 0.4) is 0 Å². The molecule has 1 aromatic rings. The highest BCUT2D eigenvalue weighted by Crippen LogP contribution is 2.39. The lowest BCUT2D eigenvalue weighted by Crippen LogP contribution is -2.40. The van der Waals surface area contributed by atoms with Gasteiger partial charge in [-0.2, -0.15) is 0 Å². The molecule has 1 aromatic heterocycles. The average Bonchev–Trinajstić information content (AvgIpc) is 2.56. The van der Waals surface area contributed by atoms with Gasteiger partial charge in [0.25, 0.3) is 0 Å². The SMILES string of the molecule is CC(NC1CCCc2sc(Cl)cc21)C1CCC1. The molecule has 0 spiro atoms. The summed E-state index contributed by atoms with van der Waals surface area (Å²) in [6, 6.07) is 3.41. The maximum Gasteiger partial charge on any atom is 0.0934 e. The summed E-state index contributed by atoms with van der Waals surface area (Å²) in [5.41, 5.74) is 1.48. The normalized spacial score (nSPS) is 26.4. The zero-order valence-electron chi connectivity index (χ0n) is 10.3. The van der Waals surface area contributed by atoms with E-state index in [4.69, 9.17) is 11.6 Å². The zero-order valence-corrected chi connectivity index (χ0v) is 11.9. The number of rotatable bonds is 3. The van der Waals surface area contributed by atoms with E-state index < -0.39 is 0 Å². The Kier molecular flexibility index (Phi) is 3.47. The molecular weight excluding hydrogens is 250 g/mol. The molecule has 2 aliphatic rings. The fraction of sp³-hybridized carbons (Fsp3) is 0.714. The number of nitrogens with one attached hydrogen (secondary N) is 1. The molecule has 0 bridgehead atoms. The summed E-state index contributed by atoms with van der Waals surface area (Å²) in [5.74, 6) is 0.912. The Balaban J connectivity index is 1.71. The van der Waals surface area contributed by atoms with Crippen molar-refractivity contribution in [3.05, 3.63) is 20.8 Å². The van der Waals surface area contributed by atoms with Gasteiger partial charge >= 0.3 is 0 Å². The van der Waals surface area contributed by atoms with E-state index in [1.54, 1.807) is 11.3 Å². The third kappa shape index (κ3) is 2.40. The Bertz CT molecular complexity index is 397. The van der Waals surface area contributed by atoms with Gasteiger partial charge in [-0.05, 0) is 56.6 Å². The van der Waals surface area contributed by atoms with Crippen LogP contribution in [0.25, 0.3) is 0 Å². The van der Waals surface area contributed by atoms with Gasteiger partial charge in [0.2, 0.25) is 0 Å². The summed E-state index contributed by atoms with van der Waals surface area (Å²) in [6.45, 7) is 2.35. The second kappa shape index (κ2) is 4.91. The predicted molar refractivity (Wildman–Crippen MR) is 74.9 cm³/mol. The maximum atomic E-state index is 6.14. The van der Waals surface area contributed by atoms with Gasteiger partial charge in [-0.25, -0.2) is 0 Å². The van der Waals surface area contributed by atoms with Crippen molar-refractivity contribution in [1.82, 2.24) is 5.32 Å². The van der Waals surface area contributed by atoms with Crippen LogP contribution in [-0.2, 0) is 6.42 Å². The molecule has 0 radical (unpaired) electrons. The lowest BCUT2D eigenvalue weighted by Gasteiger charge is -2.36. The molecule has 3 rings (SSSR count). The molecule has 94 valence electrons. The fourth-order valence-electron chi connectivity index (χ4n) is 3.09. The number of thiophene rings is 1. The minimum absolute atomic E-state index is 0.554. The second-order valence-electron chi connectivity index (χ2n) is 5.52. The average molecular weight is 270 g/mol. The third-order valence-electron chi connectivity index (χ3n) is 4.40. The van der Waals surface area contributed by atoms with Crippen LogP contribution >= 0.6 is 22.9 Å². The maximum absolute atomic E-state index is 6.14. The number of hydrogen-bond acceptors (Lipinski definition) is 2. The van der Waals surface area contributed by atoms with E-state index in [0.29, 0.717) is 12.1 Å². The molecule has 2 atom stereocenters. The highest BCUT2D eigenvalue weighted by Gasteiger charge is 2.28. The Morgan fingerprint density at radius 1 is 1.35 bits per heavy atom. The molecule has 0 aliphatic heterocycles. The molecule has 1 nitrogen and oxygen atoms in total. The highest BCUT2D eigenvalue weighted by atomic mass is 35.5. The van der Waals surface area contributed by atoms with Crippen LogP contribution in [0.2, 0.25) is 4.34 Å². The largest absolute Gasteiger partial charge is 0.307 e. The van der Waals surface area contributed by atoms with Crippen molar-refractivity contribution in [2.45, 2.75) is 57.5 Å². The Morgan fingerprint density at radius 3 is 2.88 bits per heavy atom. The van der Waals surface area contributed by atoms with Crippen LogP contribution in [0.15, 0.2) is 6.07 Å². The molecule has 0 amide bonds. The summed E-state index contributed by atoms with van der Waals surface area (Å²) >= 11 is 7.92. The first kappa shape index (κ1) is 12.0. The molecule has 0 aromatic carbocycles. The topological polar surface area (TPSA) is 12.0 Å². The summed E-state index contributed by atoms with van der Waals surface area (Å²) in [5, 5.41) is 3.84. The third-order valence-corrected chi connectivity index (χ3v) is 5.74. The Hall–Kier alpha value is -0.0500. The van der Waals surface area contributed by atoms with Gasteiger partial charge < -0.3 is 5.32 Å². The molecule has 1 N–H and O–H groups in total. The molecule has 2 aliphatic carbocycles. The standard InChI is InChI=1S/C14H20ClNS/c1-9(10-4-2-5-10)16-12-6-3-7-13-11(12)8-14(15)17-13/h8-10,12,16H,2-7H2,1H3. The minimum atomic E-state index is 0.554. The summed E-state index contributed by atoms with van der Waals surface area (Å²) in [4.78, 5) is 1.51. The van der Waals surface area contributed by atoms with Crippen molar-refractivity contribution in [1.29, 1.82) is 0 Å². The molecule has 1 heterocycles. The number of aryl methyl sites for hydroxylation is 1. The van der Waals surface area contributed by atoms with E-state index in [0.717, 1.165) is 10.3 Å². The van der Waals surface area contributed by atoms with Gasteiger partial charge in [-0.1, -0.05) is 18.0 Å². The molecule has 3 heteroatoms. The van der Waals surface area contributed by atoms with Crippen molar-refractivity contribution in [2.75, 3.05) is 0 Å². The van der Waals surface area contributed by atoms with Gasteiger partial charge in [0.1, 0.15) is 0 Å². The van der Waals surface area contributed by atoms with Gasteiger partial charge in [0.05, 0.1) is 4.34 Å².